The van der Waals surface area contributed by atoms with Gasteiger partial charge in [0.15, 0.2) is 5.78 Å². The third kappa shape index (κ3) is 4.82. The number of esters is 1. The molecule has 1 heterocycles. The number of phenolic OH excluding ortho intramolecular Hbond substituents is 2. The van der Waals surface area contributed by atoms with Gasteiger partial charge in [-0.15, -0.1) is 0 Å². The Bertz CT molecular complexity index is 1110. The molecule has 180 valence electrons. The summed E-state index contributed by atoms with van der Waals surface area (Å²) in [4.78, 5) is 42.8. The summed E-state index contributed by atoms with van der Waals surface area (Å²) in [6.45, 7) is 5.73. The zero-order valence-electron chi connectivity index (χ0n) is 18.8. The second-order valence-electron chi connectivity index (χ2n) is 8.53. The van der Waals surface area contributed by atoms with Crippen molar-refractivity contribution in [2.75, 3.05) is 52.5 Å². The second kappa shape index (κ2) is 10.3. The van der Waals surface area contributed by atoms with Gasteiger partial charge in [0.2, 0.25) is 5.78 Å². The summed E-state index contributed by atoms with van der Waals surface area (Å²) in [5.41, 5.74) is -0.453. The highest BCUT2D eigenvalue weighted by molar-refractivity contribution is 6.30. The number of aromatic hydroxyl groups is 2. The molecule has 0 bridgehead atoms. The van der Waals surface area contributed by atoms with Crippen molar-refractivity contribution in [2.45, 2.75) is 12.8 Å². The number of carbonyl (C=O) groups excluding carboxylic acids is 3. The molecule has 1 fully saturated rings. The fraction of sp³-hybridized carbons (Fsp3) is 0.400. The third-order valence-electron chi connectivity index (χ3n) is 6.32. The molecule has 0 amide bonds. The molecule has 2 aromatic rings. The maximum absolute atomic E-state index is 12.9. The Hall–Kier alpha value is -3.27. The molecule has 4 rings (SSSR count). The van der Waals surface area contributed by atoms with Gasteiger partial charge in [-0.25, -0.2) is 4.79 Å². The number of piperazine rings is 1. The maximum atomic E-state index is 12.9. The molecule has 2 aromatic carbocycles. The van der Waals surface area contributed by atoms with Gasteiger partial charge >= 0.3 is 5.97 Å². The number of β-amino-alcohol motifs (C(OH)–C–C–N with tert-alkyl or cyclic N) is 1. The summed E-state index contributed by atoms with van der Waals surface area (Å²) in [7, 11) is 0. The molecular formula is C25H28N2O7. The van der Waals surface area contributed by atoms with Crippen LogP contribution in [-0.4, -0.2) is 95.1 Å². The van der Waals surface area contributed by atoms with Crippen LogP contribution >= 0.6 is 0 Å². The Morgan fingerprint density at radius 2 is 1.53 bits per heavy atom. The number of rotatable bonds is 8. The normalized spacial score (nSPS) is 16.3. The van der Waals surface area contributed by atoms with Crippen LogP contribution in [0.2, 0.25) is 0 Å². The van der Waals surface area contributed by atoms with Gasteiger partial charge in [-0.2, -0.15) is 0 Å². The topological polar surface area (TPSA) is 128 Å². The van der Waals surface area contributed by atoms with Crippen LogP contribution in [0.15, 0.2) is 30.3 Å². The lowest BCUT2D eigenvalue weighted by atomic mass is 9.82. The Labute approximate surface area is 197 Å². The van der Waals surface area contributed by atoms with Crippen molar-refractivity contribution < 1.29 is 34.4 Å². The number of hydrogen-bond donors (Lipinski definition) is 3. The fourth-order valence-corrected chi connectivity index (χ4v) is 4.46. The molecule has 9 nitrogen and oxygen atoms in total. The van der Waals surface area contributed by atoms with Crippen molar-refractivity contribution in [3.05, 3.63) is 58.1 Å². The number of phenols is 2. The standard InChI is InChI=1S/C25H28N2O7/c28-12-11-27-9-7-26(8-10-27)6-1-2-13-34-25(33)16-14-18-22(20(30)15-16)24(32)21-17(23(18)31)4-3-5-19(21)29/h3-5,14-15,28-30H,1-2,6-13H2. The van der Waals surface area contributed by atoms with E-state index in [1.165, 1.54) is 24.3 Å². The van der Waals surface area contributed by atoms with Crippen LogP contribution in [0.3, 0.4) is 0 Å². The molecule has 34 heavy (non-hydrogen) atoms. The second-order valence-corrected chi connectivity index (χ2v) is 8.53. The highest BCUT2D eigenvalue weighted by Gasteiger charge is 2.35. The largest absolute Gasteiger partial charge is 0.507 e. The molecule has 2 aliphatic rings. The minimum atomic E-state index is -0.683. The van der Waals surface area contributed by atoms with Gasteiger partial charge in [-0.1, -0.05) is 12.1 Å². The summed E-state index contributed by atoms with van der Waals surface area (Å²) in [5, 5.41) is 29.4. The Morgan fingerprint density at radius 1 is 0.853 bits per heavy atom. The number of carbonyl (C=O) groups is 3. The number of hydrogen-bond acceptors (Lipinski definition) is 9. The van der Waals surface area contributed by atoms with Crippen molar-refractivity contribution in [3.8, 4) is 11.5 Å². The molecule has 0 atom stereocenters. The first-order valence-corrected chi connectivity index (χ1v) is 11.4. The van der Waals surface area contributed by atoms with E-state index in [1.54, 1.807) is 0 Å². The number of ketones is 2. The summed E-state index contributed by atoms with van der Waals surface area (Å²) < 4.78 is 5.32. The van der Waals surface area contributed by atoms with Crippen molar-refractivity contribution in [1.29, 1.82) is 0 Å². The molecule has 9 heteroatoms. The minimum Gasteiger partial charge on any atom is -0.507 e. The number of ether oxygens (including phenoxy) is 1. The van der Waals surface area contributed by atoms with Gasteiger partial charge in [0.25, 0.3) is 0 Å². The zero-order valence-corrected chi connectivity index (χ0v) is 18.8. The predicted molar refractivity (Wildman–Crippen MR) is 123 cm³/mol. The zero-order chi connectivity index (χ0) is 24.2. The smallest absolute Gasteiger partial charge is 0.338 e. The number of fused-ring (bicyclic) bond motifs is 2. The molecule has 1 aliphatic heterocycles. The van der Waals surface area contributed by atoms with Gasteiger partial charge in [-0.3, -0.25) is 14.5 Å². The van der Waals surface area contributed by atoms with Crippen molar-refractivity contribution in [3.63, 3.8) is 0 Å². The van der Waals surface area contributed by atoms with Crippen LogP contribution in [0.4, 0.5) is 0 Å². The van der Waals surface area contributed by atoms with E-state index in [0.29, 0.717) is 13.0 Å². The summed E-state index contributed by atoms with van der Waals surface area (Å²) in [6, 6.07) is 6.55. The van der Waals surface area contributed by atoms with E-state index in [0.717, 1.165) is 45.2 Å². The number of aliphatic hydroxyl groups is 1. The van der Waals surface area contributed by atoms with Gasteiger partial charge in [0.05, 0.1) is 29.9 Å². The van der Waals surface area contributed by atoms with Crippen molar-refractivity contribution >= 4 is 17.5 Å². The summed E-state index contributed by atoms with van der Waals surface area (Å²) in [6.07, 6.45) is 1.53. The first-order chi connectivity index (χ1) is 16.4. The third-order valence-corrected chi connectivity index (χ3v) is 6.32. The number of aliphatic hydroxyl groups excluding tert-OH is 1. The molecule has 3 N–H and O–H groups in total. The van der Waals surface area contributed by atoms with Gasteiger partial charge in [0, 0.05) is 43.9 Å². The highest BCUT2D eigenvalue weighted by Crippen LogP contribution is 2.37. The molecule has 0 unspecified atom stereocenters. The average molecular weight is 469 g/mol. The number of benzene rings is 2. The first kappa shape index (κ1) is 23.9. The molecule has 0 saturated carbocycles. The van der Waals surface area contributed by atoms with Gasteiger partial charge in [-0.05, 0) is 37.6 Å². The van der Waals surface area contributed by atoms with Gasteiger partial charge < -0.3 is 25.0 Å². The lowest BCUT2D eigenvalue weighted by Gasteiger charge is -2.34. The maximum Gasteiger partial charge on any atom is 0.338 e. The molecular weight excluding hydrogens is 440 g/mol. The lowest BCUT2D eigenvalue weighted by molar-refractivity contribution is 0.0490. The van der Waals surface area contributed by atoms with Crippen LogP contribution in [-0.2, 0) is 4.74 Å². The lowest BCUT2D eigenvalue weighted by Crippen LogP contribution is -2.47. The van der Waals surface area contributed by atoms with E-state index >= 15 is 0 Å². The Balaban J connectivity index is 1.33. The molecule has 0 radical (unpaired) electrons. The number of nitrogens with zero attached hydrogens (tertiary/aromatic N) is 2. The van der Waals surface area contributed by atoms with Crippen LogP contribution in [0, 0.1) is 0 Å². The predicted octanol–water partition coefficient (Wildman–Crippen LogP) is 1.42. The summed E-state index contributed by atoms with van der Waals surface area (Å²) in [5.74, 6) is -2.74. The molecule has 0 aromatic heterocycles. The molecule has 1 aliphatic carbocycles. The van der Waals surface area contributed by atoms with Crippen LogP contribution in [0.25, 0.3) is 0 Å². The van der Waals surface area contributed by atoms with Crippen LogP contribution < -0.4 is 0 Å². The quantitative estimate of drug-likeness (QED) is 0.332. The minimum absolute atomic E-state index is 0.0130. The Morgan fingerprint density at radius 3 is 2.24 bits per heavy atom. The highest BCUT2D eigenvalue weighted by atomic mass is 16.5. The number of unbranched alkanes of at least 4 members (excludes halogenated alkanes) is 1. The van der Waals surface area contributed by atoms with E-state index in [9.17, 15) is 24.6 Å². The first-order valence-electron chi connectivity index (χ1n) is 11.4. The fourth-order valence-electron chi connectivity index (χ4n) is 4.46. The monoisotopic (exact) mass is 468 g/mol. The van der Waals surface area contributed by atoms with Crippen molar-refractivity contribution in [1.82, 2.24) is 9.80 Å². The van der Waals surface area contributed by atoms with E-state index in [-0.39, 0.29) is 46.8 Å². The van der Waals surface area contributed by atoms with Crippen LogP contribution in [0.5, 0.6) is 11.5 Å². The molecule has 0 spiro atoms. The van der Waals surface area contributed by atoms with E-state index in [1.807, 2.05) is 0 Å². The molecule has 1 saturated heterocycles. The summed E-state index contributed by atoms with van der Waals surface area (Å²) >= 11 is 0. The Kier molecular flexibility index (Phi) is 7.26. The SMILES string of the molecule is O=C(OCCCCN1CCN(CCO)CC1)c1cc(O)c2c(c1)C(=O)c1cccc(O)c1C2=O. The van der Waals surface area contributed by atoms with Gasteiger partial charge in [0.1, 0.15) is 11.5 Å². The van der Waals surface area contributed by atoms with Crippen molar-refractivity contribution in [2.24, 2.45) is 0 Å². The average Bonchev–Trinajstić information content (AvgIpc) is 2.82. The van der Waals surface area contributed by atoms with E-state index in [4.69, 9.17) is 9.84 Å². The van der Waals surface area contributed by atoms with E-state index in [2.05, 4.69) is 9.80 Å². The van der Waals surface area contributed by atoms with E-state index < -0.39 is 23.3 Å². The van der Waals surface area contributed by atoms with Crippen LogP contribution in [0.1, 0.15) is 55.0 Å².